The van der Waals surface area contributed by atoms with Gasteiger partial charge >= 0.3 is 0 Å². The molecule has 0 fully saturated rings. The van der Waals surface area contributed by atoms with Crippen molar-refractivity contribution in [3.05, 3.63) is 28.8 Å². The summed E-state index contributed by atoms with van der Waals surface area (Å²) >= 11 is 5.99. The Morgan fingerprint density at radius 2 is 2.11 bits per heavy atom. The summed E-state index contributed by atoms with van der Waals surface area (Å²) in [4.78, 5) is 0. The molecule has 4 nitrogen and oxygen atoms in total. The normalized spacial score (nSPS) is 10.8. The number of rotatable bonds is 9. The number of aromatic hydroxyl groups is 1. The third-order valence-corrected chi connectivity index (χ3v) is 2.82. The van der Waals surface area contributed by atoms with Crippen LogP contribution in [0.2, 0.25) is 5.02 Å². The Morgan fingerprint density at radius 3 is 2.83 bits per heavy atom. The van der Waals surface area contributed by atoms with Gasteiger partial charge in [0.1, 0.15) is 5.75 Å². The van der Waals surface area contributed by atoms with Crippen LogP contribution in [0.5, 0.6) is 5.75 Å². The Hall–Kier alpha value is -0.810. The molecule has 102 valence electrons. The third kappa shape index (κ3) is 5.69. The van der Waals surface area contributed by atoms with Crippen molar-refractivity contribution < 1.29 is 14.6 Å². The summed E-state index contributed by atoms with van der Waals surface area (Å²) in [5.41, 5.74) is 0.736. The van der Waals surface area contributed by atoms with Gasteiger partial charge in [-0.2, -0.15) is 0 Å². The molecule has 0 amide bonds. The summed E-state index contributed by atoms with van der Waals surface area (Å²) in [6.07, 6.45) is 0.912. The first-order valence-corrected chi connectivity index (χ1v) is 6.37. The summed E-state index contributed by atoms with van der Waals surface area (Å²) in [6.45, 7) is 3.33. The molecule has 0 aliphatic heterocycles. The molecule has 0 aromatic heterocycles. The maximum absolute atomic E-state index is 9.63. The molecule has 0 heterocycles. The number of hydrogen-bond donors (Lipinski definition) is 2. The van der Waals surface area contributed by atoms with Crippen LogP contribution >= 0.6 is 11.6 Å². The van der Waals surface area contributed by atoms with Gasteiger partial charge in [-0.25, -0.2) is 0 Å². The fourth-order valence-corrected chi connectivity index (χ4v) is 1.72. The molecule has 1 aromatic rings. The molecular weight excluding hydrogens is 254 g/mol. The maximum atomic E-state index is 9.63. The fraction of sp³-hybridized carbons (Fsp3) is 0.538. The SMILES string of the molecule is COCCOCCCNCc1c(O)cccc1Cl. The van der Waals surface area contributed by atoms with Gasteiger partial charge in [0, 0.05) is 30.8 Å². The Morgan fingerprint density at radius 1 is 1.28 bits per heavy atom. The van der Waals surface area contributed by atoms with Crippen LogP contribution in [0, 0.1) is 0 Å². The molecule has 0 radical (unpaired) electrons. The Balaban J connectivity index is 2.11. The average Bonchev–Trinajstić information content (AvgIpc) is 2.35. The standard InChI is InChI=1S/C13H20ClNO3/c1-17-8-9-18-7-3-6-15-10-11-12(14)4-2-5-13(11)16/h2,4-5,15-16H,3,6-10H2,1H3. The summed E-state index contributed by atoms with van der Waals surface area (Å²) in [5.74, 6) is 0.228. The van der Waals surface area contributed by atoms with Crippen molar-refractivity contribution in [2.45, 2.75) is 13.0 Å². The molecule has 18 heavy (non-hydrogen) atoms. The zero-order valence-electron chi connectivity index (χ0n) is 10.6. The van der Waals surface area contributed by atoms with E-state index in [9.17, 15) is 5.11 Å². The molecule has 0 saturated carbocycles. The molecule has 1 aromatic carbocycles. The van der Waals surface area contributed by atoms with Gasteiger partial charge in [0.05, 0.1) is 13.2 Å². The Bertz CT molecular complexity index is 327. The maximum Gasteiger partial charge on any atom is 0.121 e. The molecule has 0 bridgehead atoms. The highest BCUT2D eigenvalue weighted by Gasteiger charge is 2.04. The van der Waals surface area contributed by atoms with Crippen molar-refractivity contribution in [3.63, 3.8) is 0 Å². The first-order valence-electron chi connectivity index (χ1n) is 5.99. The molecule has 0 saturated heterocycles. The van der Waals surface area contributed by atoms with Crippen LogP contribution in [0.3, 0.4) is 0 Å². The minimum atomic E-state index is 0.228. The second-order valence-electron chi connectivity index (χ2n) is 3.87. The molecule has 0 atom stereocenters. The topological polar surface area (TPSA) is 50.7 Å². The van der Waals surface area contributed by atoms with Crippen molar-refractivity contribution in [1.82, 2.24) is 5.32 Å². The van der Waals surface area contributed by atoms with Crippen LogP contribution in [-0.4, -0.2) is 38.6 Å². The third-order valence-electron chi connectivity index (χ3n) is 2.47. The van der Waals surface area contributed by atoms with Gasteiger partial charge in [0.25, 0.3) is 0 Å². The van der Waals surface area contributed by atoms with Gasteiger partial charge in [0.15, 0.2) is 0 Å². The lowest BCUT2D eigenvalue weighted by Gasteiger charge is -2.08. The lowest BCUT2D eigenvalue weighted by molar-refractivity contribution is 0.0695. The van der Waals surface area contributed by atoms with Crippen molar-refractivity contribution in [3.8, 4) is 5.75 Å². The van der Waals surface area contributed by atoms with E-state index in [1.54, 1.807) is 25.3 Å². The van der Waals surface area contributed by atoms with E-state index >= 15 is 0 Å². The molecule has 0 unspecified atom stereocenters. The van der Waals surface area contributed by atoms with E-state index in [1.165, 1.54) is 0 Å². The molecular formula is C13H20ClNO3. The zero-order valence-corrected chi connectivity index (χ0v) is 11.4. The second kappa shape index (κ2) is 9.16. The fourth-order valence-electron chi connectivity index (χ4n) is 1.48. The van der Waals surface area contributed by atoms with E-state index in [1.807, 2.05) is 0 Å². The van der Waals surface area contributed by atoms with Crippen molar-refractivity contribution in [1.29, 1.82) is 0 Å². The van der Waals surface area contributed by atoms with E-state index in [2.05, 4.69) is 5.32 Å². The van der Waals surface area contributed by atoms with Gasteiger partial charge < -0.3 is 19.9 Å². The van der Waals surface area contributed by atoms with E-state index in [4.69, 9.17) is 21.1 Å². The van der Waals surface area contributed by atoms with E-state index in [0.717, 1.165) is 18.5 Å². The van der Waals surface area contributed by atoms with E-state index < -0.39 is 0 Å². The van der Waals surface area contributed by atoms with Crippen molar-refractivity contribution in [2.24, 2.45) is 0 Å². The smallest absolute Gasteiger partial charge is 0.121 e. The molecule has 1 rings (SSSR count). The predicted molar refractivity (Wildman–Crippen MR) is 72.1 cm³/mol. The van der Waals surface area contributed by atoms with Gasteiger partial charge in [-0.15, -0.1) is 0 Å². The molecule has 0 aliphatic carbocycles. The minimum Gasteiger partial charge on any atom is -0.508 e. The van der Waals surface area contributed by atoms with E-state index in [-0.39, 0.29) is 5.75 Å². The first-order chi connectivity index (χ1) is 8.75. The van der Waals surface area contributed by atoms with Gasteiger partial charge in [-0.3, -0.25) is 0 Å². The lowest BCUT2D eigenvalue weighted by atomic mass is 10.2. The lowest BCUT2D eigenvalue weighted by Crippen LogP contribution is -2.17. The first kappa shape index (κ1) is 15.2. The van der Waals surface area contributed by atoms with Crippen LogP contribution in [0.4, 0.5) is 0 Å². The highest BCUT2D eigenvalue weighted by atomic mass is 35.5. The number of methoxy groups -OCH3 is 1. The summed E-state index contributed by atoms with van der Waals surface area (Å²) in [6, 6.07) is 5.13. The summed E-state index contributed by atoms with van der Waals surface area (Å²) in [5, 5.41) is 13.4. The number of halogens is 1. The molecule has 0 spiro atoms. The van der Waals surface area contributed by atoms with Crippen molar-refractivity contribution in [2.75, 3.05) is 33.5 Å². The van der Waals surface area contributed by atoms with Gasteiger partial charge in [0.2, 0.25) is 0 Å². The second-order valence-corrected chi connectivity index (χ2v) is 4.28. The minimum absolute atomic E-state index is 0.228. The van der Waals surface area contributed by atoms with Crippen LogP contribution in [-0.2, 0) is 16.0 Å². The quantitative estimate of drug-likeness (QED) is 0.677. The van der Waals surface area contributed by atoms with Gasteiger partial charge in [-0.1, -0.05) is 17.7 Å². The van der Waals surface area contributed by atoms with E-state index in [0.29, 0.717) is 31.4 Å². The molecule has 5 heteroatoms. The number of benzene rings is 1. The monoisotopic (exact) mass is 273 g/mol. The average molecular weight is 274 g/mol. The highest BCUT2D eigenvalue weighted by Crippen LogP contribution is 2.24. The van der Waals surface area contributed by atoms with Crippen LogP contribution < -0.4 is 5.32 Å². The van der Waals surface area contributed by atoms with Gasteiger partial charge in [-0.05, 0) is 25.1 Å². The van der Waals surface area contributed by atoms with Crippen LogP contribution in [0.15, 0.2) is 18.2 Å². The largest absolute Gasteiger partial charge is 0.508 e. The number of ether oxygens (including phenoxy) is 2. The van der Waals surface area contributed by atoms with Crippen LogP contribution in [0.1, 0.15) is 12.0 Å². The highest BCUT2D eigenvalue weighted by molar-refractivity contribution is 6.31. The predicted octanol–water partition coefficient (Wildman–Crippen LogP) is 2.19. The zero-order chi connectivity index (χ0) is 13.2. The number of phenolic OH excluding ortho intramolecular Hbond substituents is 1. The number of hydrogen-bond acceptors (Lipinski definition) is 4. The Kier molecular flexibility index (Phi) is 7.76. The summed E-state index contributed by atoms with van der Waals surface area (Å²) in [7, 11) is 1.65. The number of phenols is 1. The molecule has 0 aliphatic rings. The Labute approximate surface area is 113 Å². The number of nitrogens with one attached hydrogen (secondary N) is 1. The van der Waals surface area contributed by atoms with Crippen molar-refractivity contribution >= 4 is 11.6 Å². The molecule has 2 N–H and O–H groups in total. The van der Waals surface area contributed by atoms with Crippen LogP contribution in [0.25, 0.3) is 0 Å². The summed E-state index contributed by atoms with van der Waals surface area (Å²) < 4.78 is 10.2.